The standard InChI is InChI=1S/C13H24ClN3O2/c1-5-11-13(14)12(17(6-2)16-11)8-15-7-10(19-4)9-18-3/h10,15H,5-9H2,1-4H3. The summed E-state index contributed by atoms with van der Waals surface area (Å²) in [6.45, 7) is 6.92. The van der Waals surface area contributed by atoms with Gasteiger partial charge in [0, 0.05) is 33.9 Å². The Labute approximate surface area is 120 Å². The third-order valence-corrected chi connectivity index (χ3v) is 3.48. The molecule has 0 spiro atoms. The average Bonchev–Trinajstić information content (AvgIpc) is 2.74. The van der Waals surface area contributed by atoms with E-state index in [1.807, 2.05) is 4.68 Å². The van der Waals surface area contributed by atoms with E-state index in [-0.39, 0.29) is 6.10 Å². The lowest BCUT2D eigenvalue weighted by Crippen LogP contribution is -2.32. The summed E-state index contributed by atoms with van der Waals surface area (Å²) < 4.78 is 12.3. The Hall–Kier alpha value is -0.620. The second-order valence-electron chi connectivity index (χ2n) is 4.32. The Morgan fingerprint density at radius 3 is 2.63 bits per heavy atom. The fraction of sp³-hybridized carbons (Fsp3) is 0.769. The van der Waals surface area contributed by atoms with Gasteiger partial charge in [-0.25, -0.2) is 0 Å². The molecule has 1 atom stereocenters. The number of hydrogen-bond donors (Lipinski definition) is 1. The minimum absolute atomic E-state index is 0.0485. The zero-order valence-corrected chi connectivity index (χ0v) is 13.0. The Kier molecular flexibility index (Phi) is 7.38. The van der Waals surface area contributed by atoms with Gasteiger partial charge in [-0.2, -0.15) is 5.10 Å². The zero-order chi connectivity index (χ0) is 14.3. The van der Waals surface area contributed by atoms with Crippen LogP contribution in [0.1, 0.15) is 25.2 Å². The van der Waals surface area contributed by atoms with Gasteiger partial charge >= 0.3 is 0 Å². The zero-order valence-electron chi connectivity index (χ0n) is 12.2. The van der Waals surface area contributed by atoms with Crippen molar-refractivity contribution in [2.24, 2.45) is 0 Å². The molecule has 1 rings (SSSR count). The SMILES string of the molecule is CCc1nn(CC)c(CNCC(COC)OC)c1Cl. The highest BCUT2D eigenvalue weighted by molar-refractivity contribution is 6.31. The first-order valence-electron chi connectivity index (χ1n) is 6.64. The van der Waals surface area contributed by atoms with Gasteiger partial charge in [0.1, 0.15) is 0 Å². The Balaban J connectivity index is 2.59. The summed E-state index contributed by atoms with van der Waals surface area (Å²) in [5, 5.41) is 8.61. The molecule has 110 valence electrons. The largest absolute Gasteiger partial charge is 0.382 e. The van der Waals surface area contributed by atoms with Gasteiger partial charge in [-0.3, -0.25) is 4.68 Å². The Morgan fingerprint density at radius 1 is 1.37 bits per heavy atom. The van der Waals surface area contributed by atoms with Crippen LogP contribution >= 0.6 is 11.6 Å². The molecule has 1 heterocycles. The van der Waals surface area contributed by atoms with E-state index >= 15 is 0 Å². The molecule has 0 saturated heterocycles. The summed E-state index contributed by atoms with van der Waals surface area (Å²) in [4.78, 5) is 0. The molecule has 0 aliphatic carbocycles. The van der Waals surface area contributed by atoms with Crippen molar-refractivity contribution in [3.8, 4) is 0 Å². The van der Waals surface area contributed by atoms with E-state index in [2.05, 4.69) is 24.3 Å². The number of aromatic nitrogens is 2. The molecular formula is C13H24ClN3O2. The minimum atomic E-state index is 0.0485. The van der Waals surface area contributed by atoms with Crippen LogP contribution in [0.15, 0.2) is 0 Å². The number of aryl methyl sites for hydroxylation is 2. The molecule has 19 heavy (non-hydrogen) atoms. The van der Waals surface area contributed by atoms with Gasteiger partial charge in [0.05, 0.1) is 29.1 Å². The molecule has 0 fully saturated rings. The molecule has 6 heteroatoms. The lowest BCUT2D eigenvalue weighted by molar-refractivity contribution is 0.0287. The summed E-state index contributed by atoms with van der Waals surface area (Å²) in [5.74, 6) is 0. The summed E-state index contributed by atoms with van der Waals surface area (Å²) in [6.07, 6.45) is 0.899. The van der Waals surface area contributed by atoms with Crippen molar-refractivity contribution in [1.82, 2.24) is 15.1 Å². The summed E-state index contributed by atoms with van der Waals surface area (Å²) in [6, 6.07) is 0. The molecule has 0 saturated carbocycles. The second kappa shape index (κ2) is 8.53. The van der Waals surface area contributed by atoms with Crippen molar-refractivity contribution < 1.29 is 9.47 Å². The third kappa shape index (κ3) is 4.45. The number of halogens is 1. The molecule has 0 radical (unpaired) electrons. The third-order valence-electron chi connectivity index (χ3n) is 3.04. The average molecular weight is 290 g/mol. The quantitative estimate of drug-likeness (QED) is 0.754. The minimum Gasteiger partial charge on any atom is -0.382 e. The van der Waals surface area contributed by atoms with E-state index in [1.165, 1.54) is 0 Å². The van der Waals surface area contributed by atoms with Crippen molar-refractivity contribution >= 4 is 11.6 Å². The predicted octanol–water partition coefficient (Wildman–Crippen LogP) is 1.87. The van der Waals surface area contributed by atoms with Crippen molar-refractivity contribution in [3.63, 3.8) is 0 Å². The monoisotopic (exact) mass is 289 g/mol. The van der Waals surface area contributed by atoms with Gasteiger partial charge in [-0.15, -0.1) is 0 Å². The van der Waals surface area contributed by atoms with E-state index in [1.54, 1.807) is 14.2 Å². The van der Waals surface area contributed by atoms with Crippen LogP contribution in [0.3, 0.4) is 0 Å². The topological polar surface area (TPSA) is 48.3 Å². The van der Waals surface area contributed by atoms with E-state index in [0.717, 1.165) is 35.9 Å². The molecule has 0 bridgehead atoms. The second-order valence-corrected chi connectivity index (χ2v) is 4.70. The molecule has 1 aromatic rings. The maximum Gasteiger partial charge on any atom is 0.0928 e. The predicted molar refractivity (Wildman–Crippen MR) is 76.7 cm³/mol. The highest BCUT2D eigenvalue weighted by atomic mass is 35.5. The van der Waals surface area contributed by atoms with Crippen LogP contribution in [0.25, 0.3) is 0 Å². The van der Waals surface area contributed by atoms with Crippen LogP contribution in [0.2, 0.25) is 5.02 Å². The van der Waals surface area contributed by atoms with Crippen LogP contribution in [0.5, 0.6) is 0 Å². The number of nitrogens with zero attached hydrogens (tertiary/aromatic N) is 2. The van der Waals surface area contributed by atoms with Gasteiger partial charge in [0.2, 0.25) is 0 Å². The van der Waals surface area contributed by atoms with Gasteiger partial charge in [0.15, 0.2) is 0 Å². The first-order chi connectivity index (χ1) is 9.17. The fourth-order valence-corrected chi connectivity index (χ4v) is 2.27. The van der Waals surface area contributed by atoms with Crippen LogP contribution < -0.4 is 5.32 Å². The first kappa shape index (κ1) is 16.4. The van der Waals surface area contributed by atoms with Gasteiger partial charge in [-0.05, 0) is 13.3 Å². The molecule has 1 aromatic heterocycles. The molecule has 0 amide bonds. The van der Waals surface area contributed by atoms with Crippen molar-refractivity contribution in [2.45, 2.75) is 39.5 Å². The highest BCUT2D eigenvalue weighted by Gasteiger charge is 2.14. The van der Waals surface area contributed by atoms with Gasteiger partial charge < -0.3 is 14.8 Å². The number of nitrogens with one attached hydrogen (secondary N) is 1. The van der Waals surface area contributed by atoms with Crippen molar-refractivity contribution in [3.05, 3.63) is 16.4 Å². The fourth-order valence-electron chi connectivity index (χ4n) is 1.93. The van der Waals surface area contributed by atoms with Crippen LogP contribution in [0, 0.1) is 0 Å². The van der Waals surface area contributed by atoms with Crippen LogP contribution in [-0.2, 0) is 29.0 Å². The first-order valence-corrected chi connectivity index (χ1v) is 7.02. The molecule has 0 aromatic carbocycles. The van der Waals surface area contributed by atoms with Crippen molar-refractivity contribution in [1.29, 1.82) is 0 Å². The molecular weight excluding hydrogens is 266 g/mol. The highest BCUT2D eigenvalue weighted by Crippen LogP contribution is 2.21. The Morgan fingerprint density at radius 2 is 2.11 bits per heavy atom. The van der Waals surface area contributed by atoms with Crippen LogP contribution in [0.4, 0.5) is 0 Å². The van der Waals surface area contributed by atoms with Gasteiger partial charge in [0.25, 0.3) is 0 Å². The summed E-state index contributed by atoms with van der Waals surface area (Å²) in [5.41, 5.74) is 1.99. The number of rotatable bonds is 9. The molecule has 0 aliphatic rings. The summed E-state index contributed by atoms with van der Waals surface area (Å²) in [7, 11) is 3.35. The number of ether oxygens (including phenoxy) is 2. The Bertz CT molecular complexity index is 382. The van der Waals surface area contributed by atoms with Crippen molar-refractivity contribution in [2.75, 3.05) is 27.4 Å². The number of hydrogen-bond acceptors (Lipinski definition) is 4. The molecule has 1 unspecified atom stereocenters. The van der Waals surface area contributed by atoms with E-state index in [9.17, 15) is 0 Å². The van der Waals surface area contributed by atoms with Crippen LogP contribution in [-0.4, -0.2) is 43.3 Å². The maximum absolute atomic E-state index is 6.34. The molecule has 1 N–H and O–H groups in total. The van der Waals surface area contributed by atoms with E-state index in [0.29, 0.717) is 13.2 Å². The smallest absolute Gasteiger partial charge is 0.0928 e. The molecule has 0 aliphatic heterocycles. The lowest BCUT2D eigenvalue weighted by atomic mass is 10.3. The van der Waals surface area contributed by atoms with E-state index in [4.69, 9.17) is 21.1 Å². The lowest BCUT2D eigenvalue weighted by Gasteiger charge is -2.15. The number of methoxy groups -OCH3 is 2. The normalized spacial score (nSPS) is 12.9. The van der Waals surface area contributed by atoms with E-state index < -0.39 is 0 Å². The summed E-state index contributed by atoms with van der Waals surface area (Å²) >= 11 is 6.34. The molecule has 5 nitrogen and oxygen atoms in total. The van der Waals surface area contributed by atoms with Gasteiger partial charge in [-0.1, -0.05) is 18.5 Å². The maximum atomic E-state index is 6.34.